The van der Waals surface area contributed by atoms with Crippen LogP contribution in [0, 0.1) is 12.7 Å². The molecule has 94 valence electrons. The summed E-state index contributed by atoms with van der Waals surface area (Å²) in [5.74, 6) is -0.172. The maximum absolute atomic E-state index is 13.2. The van der Waals surface area contributed by atoms with Crippen molar-refractivity contribution < 1.29 is 4.39 Å². The van der Waals surface area contributed by atoms with Gasteiger partial charge in [-0.25, -0.2) is 4.39 Å². The van der Waals surface area contributed by atoms with E-state index in [0.29, 0.717) is 5.56 Å². The van der Waals surface area contributed by atoms with Crippen molar-refractivity contribution in [3.05, 3.63) is 63.9 Å². The van der Waals surface area contributed by atoms with E-state index in [9.17, 15) is 4.39 Å². The van der Waals surface area contributed by atoms with Gasteiger partial charge in [0.2, 0.25) is 0 Å². The highest BCUT2D eigenvalue weighted by molar-refractivity contribution is 9.10. The topological polar surface area (TPSA) is 12.0 Å². The second-order valence-corrected chi connectivity index (χ2v) is 5.21. The fraction of sp³-hybridized carbons (Fsp3) is 0.200. The van der Waals surface area contributed by atoms with Crippen molar-refractivity contribution in [2.75, 3.05) is 5.32 Å². The molecule has 1 atom stereocenters. The van der Waals surface area contributed by atoms with Gasteiger partial charge in [-0.05, 0) is 49.2 Å². The minimum absolute atomic E-state index is 0.158. The first kappa shape index (κ1) is 13.1. The zero-order chi connectivity index (χ0) is 13.1. The quantitative estimate of drug-likeness (QED) is 0.834. The molecule has 1 nitrogen and oxygen atoms in total. The summed E-state index contributed by atoms with van der Waals surface area (Å²) in [5, 5.41) is 3.37. The number of hydrogen-bond donors (Lipinski definition) is 1. The minimum Gasteiger partial charge on any atom is -0.378 e. The normalized spacial score (nSPS) is 12.2. The van der Waals surface area contributed by atoms with Gasteiger partial charge in [-0.1, -0.05) is 34.1 Å². The molecule has 0 bridgehead atoms. The lowest BCUT2D eigenvalue weighted by Crippen LogP contribution is -2.07. The van der Waals surface area contributed by atoms with Crippen molar-refractivity contribution in [3.63, 3.8) is 0 Å². The molecule has 18 heavy (non-hydrogen) atoms. The Morgan fingerprint density at radius 1 is 1.17 bits per heavy atom. The molecule has 0 saturated carbocycles. The number of halogens is 2. The predicted molar refractivity (Wildman–Crippen MR) is 77.3 cm³/mol. The summed E-state index contributed by atoms with van der Waals surface area (Å²) in [4.78, 5) is 0. The van der Waals surface area contributed by atoms with Gasteiger partial charge in [-0.15, -0.1) is 0 Å². The van der Waals surface area contributed by atoms with Gasteiger partial charge in [0, 0.05) is 16.2 Å². The van der Waals surface area contributed by atoms with E-state index in [1.165, 1.54) is 11.6 Å². The fourth-order valence-corrected chi connectivity index (χ4v) is 2.52. The molecule has 0 fully saturated rings. The van der Waals surface area contributed by atoms with Crippen LogP contribution in [0.2, 0.25) is 0 Å². The summed E-state index contributed by atoms with van der Waals surface area (Å²) < 4.78 is 14.3. The number of anilines is 1. The highest BCUT2D eigenvalue weighted by atomic mass is 79.9. The van der Waals surface area contributed by atoms with E-state index in [1.54, 1.807) is 13.0 Å². The molecule has 0 saturated heterocycles. The number of nitrogens with one attached hydrogen (secondary N) is 1. The van der Waals surface area contributed by atoms with Gasteiger partial charge in [0.1, 0.15) is 5.82 Å². The van der Waals surface area contributed by atoms with Crippen LogP contribution in [-0.4, -0.2) is 0 Å². The first-order valence-electron chi connectivity index (χ1n) is 5.85. The Labute approximate surface area is 115 Å². The minimum atomic E-state index is -0.172. The lowest BCUT2D eigenvalue weighted by molar-refractivity contribution is 0.618. The summed E-state index contributed by atoms with van der Waals surface area (Å²) in [6.07, 6.45) is 0. The monoisotopic (exact) mass is 307 g/mol. The zero-order valence-electron chi connectivity index (χ0n) is 10.4. The number of aryl methyl sites for hydroxylation is 1. The van der Waals surface area contributed by atoms with Crippen molar-refractivity contribution >= 4 is 21.6 Å². The lowest BCUT2D eigenvalue weighted by Gasteiger charge is -2.17. The molecular formula is C15H15BrFN. The van der Waals surface area contributed by atoms with Crippen LogP contribution in [0.3, 0.4) is 0 Å². The molecule has 0 heterocycles. The van der Waals surface area contributed by atoms with Crippen molar-refractivity contribution in [1.29, 1.82) is 0 Å². The van der Waals surface area contributed by atoms with E-state index in [4.69, 9.17) is 0 Å². The van der Waals surface area contributed by atoms with Crippen molar-refractivity contribution in [2.24, 2.45) is 0 Å². The summed E-state index contributed by atoms with van der Waals surface area (Å²) >= 11 is 3.54. The Morgan fingerprint density at radius 2 is 1.89 bits per heavy atom. The third kappa shape index (κ3) is 2.91. The molecule has 2 rings (SSSR count). The summed E-state index contributed by atoms with van der Waals surface area (Å²) in [5.41, 5.74) is 2.76. The van der Waals surface area contributed by atoms with E-state index < -0.39 is 0 Å². The van der Waals surface area contributed by atoms with Crippen molar-refractivity contribution in [1.82, 2.24) is 0 Å². The van der Waals surface area contributed by atoms with E-state index in [-0.39, 0.29) is 11.9 Å². The third-order valence-electron chi connectivity index (χ3n) is 2.91. The lowest BCUT2D eigenvalue weighted by atomic mass is 10.1. The van der Waals surface area contributed by atoms with Crippen LogP contribution in [0.15, 0.2) is 46.9 Å². The molecule has 2 aromatic rings. The summed E-state index contributed by atoms with van der Waals surface area (Å²) in [6, 6.07) is 13.3. The average molecular weight is 308 g/mol. The molecule has 0 aliphatic heterocycles. The zero-order valence-corrected chi connectivity index (χ0v) is 12.0. The fourth-order valence-electron chi connectivity index (χ4n) is 1.89. The van der Waals surface area contributed by atoms with Gasteiger partial charge < -0.3 is 5.32 Å². The maximum atomic E-state index is 13.2. The van der Waals surface area contributed by atoms with Crippen LogP contribution in [-0.2, 0) is 0 Å². The van der Waals surface area contributed by atoms with Crippen LogP contribution in [0.1, 0.15) is 24.1 Å². The smallest absolute Gasteiger partial charge is 0.126 e. The van der Waals surface area contributed by atoms with Crippen LogP contribution in [0.5, 0.6) is 0 Å². The summed E-state index contributed by atoms with van der Waals surface area (Å²) in [6.45, 7) is 3.85. The molecule has 0 aromatic heterocycles. The van der Waals surface area contributed by atoms with E-state index in [2.05, 4.69) is 34.2 Å². The number of benzene rings is 2. The van der Waals surface area contributed by atoms with Gasteiger partial charge in [0.25, 0.3) is 0 Å². The Hall–Kier alpha value is -1.35. The van der Waals surface area contributed by atoms with E-state index in [1.807, 2.05) is 24.3 Å². The Morgan fingerprint density at radius 3 is 2.56 bits per heavy atom. The number of hydrogen-bond acceptors (Lipinski definition) is 1. The molecule has 2 aromatic carbocycles. The Kier molecular flexibility index (Phi) is 4.02. The van der Waals surface area contributed by atoms with Gasteiger partial charge in [0.15, 0.2) is 0 Å². The SMILES string of the molecule is Cc1cc(NC(C)c2ccccc2Br)ccc1F. The third-order valence-corrected chi connectivity index (χ3v) is 3.64. The second kappa shape index (κ2) is 5.53. The van der Waals surface area contributed by atoms with Crippen LogP contribution < -0.4 is 5.32 Å². The van der Waals surface area contributed by atoms with Crippen molar-refractivity contribution in [2.45, 2.75) is 19.9 Å². The Balaban J connectivity index is 2.19. The molecule has 0 aliphatic carbocycles. The standard InChI is InChI=1S/C15H15BrFN/c1-10-9-12(7-8-15(10)17)18-11(2)13-5-3-4-6-14(13)16/h3-9,11,18H,1-2H3. The van der Waals surface area contributed by atoms with Crippen LogP contribution >= 0.6 is 15.9 Å². The average Bonchev–Trinajstić information content (AvgIpc) is 2.34. The van der Waals surface area contributed by atoms with Gasteiger partial charge in [-0.3, -0.25) is 0 Å². The predicted octanol–water partition coefficient (Wildman–Crippen LogP) is 5.07. The second-order valence-electron chi connectivity index (χ2n) is 4.35. The van der Waals surface area contributed by atoms with Crippen LogP contribution in [0.4, 0.5) is 10.1 Å². The Bertz CT molecular complexity index is 554. The molecule has 0 spiro atoms. The maximum Gasteiger partial charge on any atom is 0.126 e. The first-order valence-corrected chi connectivity index (χ1v) is 6.64. The first-order chi connectivity index (χ1) is 8.58. The molecule has 3 heteroatoms. The van der Waals surface area contributed by atoms with Gasteiger partial charge in [-0.2, -0.15) is 0 Å². The molecule has 0 radical (unpaired) electrons. The summed E-state index contributed by atoms with van der Waals surface area (Å²) in [7, 11) is 0. The number of rotatable bonds is 3. The highest BCUT2D eigenvalue weighted by Crippen LogP contribution is 2.26. The molecule has 1 unspecified atom stereocenters. The molecule has 0 aliphatic rings. The largest absolute Gasteiger partial charge is 0.378 e. The van der Waals surface area contributed by atoms with Gasteiger partial charge >= 0.3 is 0 Å². The van der Waals surface area contributed by atoms with Gasteiger partial charge in [0.05, 0.1) is 0 Å². The molecule has 1 N–H and O–H groups in total. The van der Waals surface area contributed by atoms with Crippen molar-refractivity contribution in [3.8, 4) is 0 Å². The molecule has 0 amide bonds. The van der Waals surface area contributed by atoms with E-state index >= 15 is 0 Å². The highest BCUT2D eigenvalue weighted by Gasteiger charge is 2.09. The van der Waals surface area contributed by atoms with E-state index in [0.717, 1.165) is 10.2 Å². The molecular weight excluding hydrogens is 293 g/mol. The van der Waals surface area contributed by atoms with Crippen LogP contribution in [0.25, 0.3) is 0 Å².